The number of halogens is 1. The zero-order valence-electron chi connectivity index (χ0n) is 18.6. The van der Waals surface area contributed by atoms with Gasteiger partial charge in [-0.15, -0.1) is 0 Å². The molecule has 0 aliphatic rings. The summed E-state index contributed by atoms with van der Waals surface area (Å²) in [7, 11) is 0. The van der Waals surface area contributed by atoms with Gasteiger partial charge in [0.25, 0.3) is 0 Å². The maximum Gasteiger partial charge on any atom is 0.310 e. The minimum Gasteiger partial charge on any atom is -0.489 e. The third-order valence-corrected chi connectivity index (χ3v) is 4.87. The quantitative estimate of drug-likeness (QED) is 0.270. The van der Waals surface area contributed by atoms with Crippen molar-refractivity contribution in [3.05, 3.63) is 95.5 Å². The van der Waals surface area contributed by atoms with Crippen LogP contribution in [-0.4, -0.2) is 12.6 Å². The normalized spacial score (nSPS) is 11.3. The van der Waals surface area contributed by atoms with Gasteiger partial charge in [0.05, 0.1) is 19.3 Å². The van der Waals surface area contributed by atoms with E-state index in [1.807, 2.05) is 42.5 Å². The van der Waals surface area contributed by atoms with Crippen LogP contribution in [0, 0.1) is 0 Å². The number of fused-ring (bicyclic) bond motifs is 1. The molecule has 3 rings (SSSR count). The second kappa shape index (κ2) is 10.6. The highest BCUT2D eigenvalue weighted by Gasteiger charge is 2.17. The van der Waals surface area contributed by atoms with Gasteiger partial charge < -0.3 is 13.9 Å². The number of carbonyl (C=O) groups excluding carboxylic acids is 1. The zero-order chi connectivity index (χ0) is 23.1. The third-order valence-electron chi connectivity index (χ3n) is 4.87. The van der Waals surface area contributed by atoms with Crippen LogP contribution in [0.1, 0.15) is 37.5 Å². The van der Waals surface area contributed by atoms with Gasteiger partial charge in [-0.25, -0.2) is 4.39 Å². The summed E-state index contributed by atoms with van der Waals surface area (Å²) >= 11 is 0. The van der Waals surface area contributed by atoms with Gasteiger partial charge in [0.15, 0.2) is 0 Å². The molecule has 1 aromatic heterocycles. The maximum atomic E-state index is 15.0. The third kappa shape index (κ3) is 5.35. The van der Waals surface area contributed by atoms with E-state index in [1.54, 1.807) is 39.2 Å². The number of hydrogen-bond donors (Lipinski definition) is 0. The fraction of sp³-hybridized carbons (Fsp3) is 0.222. The van der Waals surface area contributed by atoms with Gasteiger partial charge >= 0.3 is 5.97 Å². The molecule has 4 nitrogen and oxygen atoms in total. The molecule has 0 saturated carbocycles. The SMILES string of the molecule is C=C/C=C(\C(F)=C(C)C)c1cc(COc2ccccc2CC(=O)OCC)cc2ccoc12. The van der Waals surface area contributed by atoms with Crippen LogP contribution in [0.2, 0.25) is 0 Å². The van der Waals surface area contributed by atoms with E-state index in [0.717, 1.165) is 16.5 Å². The van der Waals surface area contributed by atoms with Gasteiger partial charge in [-0.2, -0.15) is 0 Å². The Kier molecular flexibility index (Phi) is 7.66. The van der Waals surface area contributed by atoms with Crippen LogP contribution in [0.3, 0.4) is 0 Å². The van der Waals surface area contributed by atoms with Gasteiger partial charge in [0.1, 0.15) is 23.8 Å². The van der Waals surface area contributed by atoms with E-state index in [2.05, 4.69) is 6.58 Å². The molecule has 0 amide bonds. The van der Waals surface area contributed by atoms with Gasteiger partial charge in [-0.05, 0) is 56.2 Å². The van der Waals surface area contributed by atoms with Crippen molar-refractivity contribution in [1.82, 2.24) is 0 Å². The first-order chi connectivity index (χ1) is 15.4. The lowest BCUT2D eigenvalue weighted by Gasteiger charge is -2.13. The molecule has 32 heavy (non-hydrogen) atoms. The Labute approximate surface area is 187 Å². The Morgan fingerprint density at radius 2 is 1.97 bits per heavy atom. The smallest absolute Gasteiger partial charge is 0.310 e. The number of allylic oxidation sites excluding steroid dienone is 5. The Balaban J connectivity index is 1.94. The highest BCUT2D eigenvalue weighted by molar-refractivity contribution is 5.94. The van der Waals surface area contributed by atoms with Crippen LogP contribution in [-0.2, 0) is 22.6 Å². The first kappa shape index (κ1) is 23.1. The van der Waals surface area contributed by atoms with E-state index in [4.69, 9.17) is 13.9 Å². The average molecular weight is 435 g/mol. The van der Waals surface area contributed by atoms with Gasteiger partial charge in [0, 0.05) is 22.1 Å². The summed E-state index contributed by atoms with van der Waals surface area (Å²) < 4.78 is 31.7. The highest BCUT2D eigenvalue weighted by Crippen LogP contribution is 2.34. The molecule has 0 N–H and O–H groups in total. The number of hydrogen-bond acceptors (Lipinski definition) is 4. The zero-order valence-corrected chi connectivity index (χ0v) is 18.6. The average Bonchev–Trinajstić information content (AvgIpc) is 3.25. The molecule has 0 unspecified atom stereocenters. The minimum absolute atomic E-state index is 0.133. The maximum absolute atomic E-state index is 15.0. The summed E-state index contributed by atoms with van der Waals surface area (Å²) in [5.74, 6) is -0.0192. The molecular formula is C27H27FO4. The van der Waals surface area contributed by atoms with Crippen LogP contribution in [0.15, 0.2) is 83.3 Å². The first-order valence-corrected chi connectivity index (χ1v) is 10.5. The monoisotopic (exact) mass is 434 g/mol. The Bertz CT molecular complexity index is 1180. The standard InChI is InChI=1S/C27H27FO4/c1-5-9-22(26(28)18(3)4)23-15-19(14-21-12-13-31-27(21)23)17-32-24-11-8-7-10-20(24)16-25(29)30-6-2/h5,7-15H,1,6,16-17H2,2-4H3/b22-9-. The molecule has 3 aromatic rings. The van der Waals surface area contributed by atoms with Crippen molar-refractivity contribution >= 4 is 22.5 Å². The number of ether oxygens (including phenoxy) is 2. The molecule has 0 radical (unpaired) electrons. The molecule has 1 heterocycles. The van der Waals surface area contributed by atoms with Gasteiger partial charge in [0.2, 0.25) is 0 Å². The van der Waals surface area contributed by atoms with Crippen molar-refractivity contribution in [2.75, 3.05) is 6.61 Å². The van der Waals surface area contributed by atoms with Crippen molar-refractivity contribution in [1.29, 1.82) is 0 Å². The Morgan fingerprint density at radius 1 is 1.19 bits per heavy atom. The van der Waals surface area contributed by atoms with Crippen LogP contribution in [0.5, 0.6) is 5.75 Å². The number of furan rings is 1. The van der Waals surface area contributed by atoms with Crippen molar-refractivity contribution in [2.45, 2.75) is 33.8 Å². The van der Waals surface area contributed by atoms with E-state index in [-0.39, 0.29) is 24.8 Å². The highest BCUT2D eigenvalue weighted by atomic mass is 19.1. The van der Waals surface area contributed by atoms with Crippen LogP contribution >= 0.6 is 0 Å². The van der Waals surface area contributed by atoms with E-state index in [1.165, 1.54) is 0 Å². The van der Waals surface area contributed by atoms with Crippen molar-refractivity contribution in [2.24, 2.45) is 0 Å². The lowest BCUT2D eigenvalue weighted by atomic mass is 9.97. The molecule has 0 aliphatic heterocycles. The number of esters is 1. The van der Waals surface area contributed by atoms with E-state index in [0.29, 0.717) is 34.6 Å². The van der Waals surface area contributed by atoms with Gasteiger partial charge in [-0.3, -0.25) is 4.79 Å². The second-order valence-electron chi connectivity index (χ2n) is 7.49. The molecule has 5 heteroatoms. The summed E-state index contributed by atoms with van der Waals surface area (Å²) in [5, 5.41) is 0.845. The number of rotatable bonds is 9. The van der Waals surface area contributed by atoms with E-state index < -0.39 is 0 Å². The molecule has 166 valence electrons. The number of carbonyl (C=O) groups is 1. The largest absolute Gasteiger partial charge is 0.489 e. The summed E-state index contributed by atoms with van der Waals surface area (Å²) in [6, 6.07) is 13.0. The van der Waals surface area contributed by atoms with Crippen LogP contribution < -0.4 is 4.74 Å². The predicted octanol–water partition coefficient (Wildman–Crippen LogP) is 6.95. The Hall–Kier alpha value is -3.60. The van der Waals surface area contributed by atoms with Gasteiger partial charge in [-0.1, -0.05) is 36.9 Å². The summed E-state index contributed by atoms with van der Waals surface area (Å²) in [6.45, 7) is 9.51. The molecular weight excluding hydrogens is 407 g/mol. The summed E-state index contributed by atoms with van der Waals surface area (Å²) in [4.78, 5) is 11.9. The van der Waals surface area contributed by atoms with E-state index in [9.17, 15) is 9.18 Å². The Morgan fingerprint density at radius 3 is 2.69 bits per heavy atom. The molecule has 0 bridgehead atoms. The van der Waals surface area contributed by atoms with Crippen molar-refractivity contribution < 1.29 is 23.1 Å². The molecule has 2 aromatic carbocycles. The second-order valence-corrected chi connectivity index (χ2v) is 7.49. The fourth-order valence-electron chi connectivity index (χ4n) is 3.42. The molecule has 0 aliphatic carbocycles. The summed E-state index contributed by atoms with van der Waals surface area (Å²) in [6.07, 6.45) is 4.91. The lowest BCUT2D eigenvalue weighted by Crippen LogP contribution is -2.09. The fourth-order valence-corrected chi connectivity index (χ4v) is 3.42. The number of benzene rings is 2. The molecule has 0 fully saturated rings. The van der Waals surface area contributed by atoms with Crippen LogP contribution in [0.4, 0.5) is 4.39 Å². The molecule has 0 spiro atoms. The van der Waals surface area contributed by atoms with Crippen molar-refractivity contribution in [3.63, 3.8) is 0 Å². The molecule has 0 saturated heterocycles. The van der Waals surface area contributed by atoms with Crippen LogP contribution in [0.25, 0.3) is 16.5 Å². The molecule has 0 atom stereocenters. The number of para-hydroxylation sites is 1. The lowest BCUT2D eigenvalue weighted by molar-refractivity contribution is -0.142. The van der Waals surface area contributed by atoms with E-state index >= 15 is 0 Å². The summed E-state index contributed by atoms with van der Waals surface area (Å²) in [5.41, 5.74) is 3.79. The first-order valence-electron chi connectivity index (χ1n) is 10.5. The predicted molar refractivity (Wildman–Crippen MR) is 125 cm³/mol. The topological polar surface area (TPSA) is 48.7 Å². The van der Waals surface area contributed by atoms with Crippen molar-refractivity contribution in [3.8, 4) is 5.75 Å². The minimum atomic E-state index is -0.319.